The number of ether oxygens (including phenoxy) is 2. The first kappa shape index (κ1) is 18.5. The lowest BCUT2D eigenvalue weighted by atomic mass is 10.1. The number of carbonyl (C=O) groups excluding carboxylic acids is 1. The maximum Gasteiger partial charge on any atom is 0.336 e. The van der Waals surface area contributed by atoms with E-state index in [0.717, 1.165) is 45.8 Å². The second-order valence-electron chi connectivity index (χ2n) is 7.74. The van der Waals surface area contributed by atoms with Crippen LogP contribution in [0.5, 0.6) is 0 Å². The molecule has 5 rings (SSSR count). The highest BCUT2D eigenvalue weighted by Gasteiger charge is 2.35. The van der Waals surface area contributed by atoms with Crippen molar-refractivity contribution in [2.45, 2.75) is 37.9 Å². The van der Waals surface area contributed by atoms with Gasteiger partial charge in [0.25, 0.3) is 0 Å². The maximum absolute atomic E-state index is 12.2. The van der Waals surface area contributed by atoms with E-state index >= 15 is 0 Å². The molecule has 1 aliphatic carbocycles. The van der Waals surface area contributed by atoms with Gasteiger partial charge in [-0.25, -0.2) is 14.8 Å². The van der Waals surface area contributed by atoms with E-state index in [1.807, 2.05) is 25.1 Å². The van der Waals surface area contributed by atoms with E-state index in [4.69, 9.17) is 19.4 Å². The highest BCUT2D eigenvalue weighted by atomic mass is 32.1. The van der Waals surface area contributed by atoms with Crippen molar-refractivity contribution in [3.63, 3.8) is 0 Å². The molecule has 6 nitrogen and oxygen atoms in total. The molecule has 2 aliphatic rings. The van der Waals surface area contributed by atoms with Gasteiger partial charge in [0.05, 0.1) is 25.1 Å². The zero-order valence-electron chi connectivity index (χ0n) is 16.5. The number of rotatable bonds is 4. The monoisotopic (exact) mass is 409 g/mol. The Bertz CT molecular complexity index is 1050. The molecule has 3 aromatic rings. The number of benzene rings is 1. The molecule has 29 heavy (non-hydrogen) atoms. The van der Waals surface area contributed by atoms with Gasteiger partial charge >= 0.3 is 5.97 Å². The van der Waals surface area contributed by atoms with E-state index in [0.29, 0.717) is 19.0 Å². The molecule has 2 fully saturated rings. The van der Waals surface area contributed by atoms with Crippen LogP contribution in [0.1, 0.15) is 31.5 Å². The average Bonchev–Trinajstić information content (AvgIpc) is 3.51. The quantitative estimate of drug-likeness (QED) is 0.607. The summed E-state index contributed by atoms with van der Waals surface area (Å²) in [5.74, 6) is 1.93. The Balaban J connectivity index is 1.64. The number of carbonyl (C=O) groups is 1. The van der Waals surface area contributed by atoms with Gasteiger partial charge < -0.3 is 14.4 Å². The van der Waals surface area contributed by atoms with Gasteiger partial charge in [0.15, 0.2) is 6.10 Å². The van der Waals surface area contributed by atoms with E-state index in [1.54, 1.807) is 11.3 Å². The van der Waals surface area contributed by atoms with Crippen LogP contribution in [0.15, 0.2) is 35.7 Å². The Labute approximate surface area is 173 Å². The summed E-state index contributed by atoms with van der Waals surface area (Å²) in [6.07, 6.45) is 1.58. The number of esters is 1. The molecule has 0 bridgehead atoms. The van der Waals surface area contributed by atoms with Crippen molar-refractivity contribution in [1.29, 1.82) is 0 Å². The lowest BCUT2D eigenvalue weighted by Crippen LogP contribution is -2.50. The van der Waals surface area contributed by atoms with Gasteiger partial charge in [-0.05, 0) is 25.3 Å². The lowest BCUT2D eigenvalue weighted by molar-refractivity contribution is -0.158. The van der Waals surface area contributed by atoms with Crippen LogP contribution < -0.4 is 4.90 Å². The van der Waals surface area contributed by atoms with Crippen molar-refractivity contribution in [2.24, 2.45) is 0 Å². The zero-order chi connectivity index (χ0) is 20.0. The van der Waals surface area contributed by atoms with Crippen molar-refractivity contribution < 1.29 is 14.3 Å². The molecule has 7 heteroatoms. The molecule has 3 heterocycles. The molecule has 1 unspecified atom stereocenters. The van der Waals surface area contributed by atoms with E-state index in [2.05, 4.69) is 22.4 Å². The first-order chi connectivity index (χ1) is 14.1. The van der Waals surface area contributed by atoms with Gasteiger partial charge in [-0.2, -0.15) is 0 Å². The minimum Gasteiger partial charge on any atom is -0.467 e. The highest BCUT2D eigenvalue weighted by Crippen LogP contribution is 2.43. The minimum absolute atomic E-state index is 0.0962. The molecular formula is C22H23N3O3S. The summed E-state index contributed by atoms with van der Waals surface area (Å²) in [4.78, 5) is 25.2. The molecule has 2 atom stereocenters. The molecule has 1 aliphatic heterocycles. The molecule has 0 N–H and O–H groups in total. The first-order valence-electron chi connectivity index (χ1n) is 9.97. The fourth-order valence-corrected chi connectivity index (χ4v) is 4.86. The van der Waals surface area contributed by atoms with Crippen molar-refractivity contribution in [3.8, 4) is 11.1 Å². The van der Waals surface area contributed by atoms with Crippen LogP contribution in [0.2, 0.25) is 0 Å². The number of morpholine rings is 1. The number of nitrogens with zero attached hydrogens (tertiary/aromatic N) is 3. The van der Waals surface area contributed by atoms with Gasteiger partial charge in [-0.1, -0.05) is 30.3 Å². The summed E-state index contributed by atoms with van der Waals surface area (Å²) >= 11 is 1.66. The smallest absolute Gasteiger partial charge is 0.336 e. The molecule has 0 spiro atoms. The van der Waals surface area contributed by atoms with Crippen LogP contribution in [0.4, 0.5) is 5.82 Å². The fraction of sp³-hybridized carbons (Fsp3) is 0.409. The Morgan fingerprint density at radius 2 is 2.00 bits per heavy atom. The summed E-state index contributed by atoms with van der Waals surface area (Å²) in [7, 11) is 1.40. The Morgan fingerprint density at radius 3 is 2.72 bits per heavy atom. The third-order valence-corrected chi connectivity index (χ3v) is 6.36. The molecular weight excluding hydrogens is 386 g/mol. The Hall–Kier alpha value is -2.51. The summed E-state index contributed by atoms with van der Waals surface area (Å²) in [6.45, 7) is 3.08. The van der Waals surface area contributed by atoms with Crippen molar-refractivity contribution in [2.75, 3.05) is 25.1 Å². The SMILES string of the molecule is COC(=O)C1CN(c2nc(C3CC3)nc3scc(-c4ccccc4)c23)C[C@@H](C)O1. The number of hydrogen-bond acceptors (Lipinski definition) is 7. The van der Waals surface area contributed by atoms with Crippen LogP contribution in [-0.4, -0.2) is 48.3 Å². The zero-order valence-corrected chi connectivity index (χ0v) is 17.3. The highest BCUT2D eigenvalue weighted by molar-refractivity contribution is 7.17. The predicted molar refractivity (Wildman–Crippen MR) is 113 cm³/mol. The van der Waals surface area contributed by atoms with Crippen LogP contribution >= 0.6 is 11.3 Å². The predicted octanol–water partition coefficient (Wildman–Crippen LogP) is 4.00. The van der Waals surface area contributed by atoms with E-state index in [1.165, 1.54) is 7.11 Å². The number of methoxy groups -OCH3 is 1. The number of fused-ring (bicyclic) bond motifs is 1. The van der Waals surface area contributed by atoms with Gasteiger partial charge in [-0.15, -0.1) is 11.3 Å². The molecule has 1 aromatic carbocycles. The Morgan fingerprint density at radius 1 is 1.21 bits per heavy atom. The lowest BCUT2D eigenvalue weighted by Gasteiger charge is -2.36. The third-order valence-electron chi connectivity index (χ3n) is 5.48. The van der Waals surface area contributed by atoms with Gasteiger partial charge in [0.1, 0.15) is 16.5 Å². The number of hydrogen-bond donors (Lipinski definition) is 0. The van der Waals surface area contributed by atoms with Crippen LogP contribution in [0.25, 0.3) is 21.3 Å². The molecule has 150 valence electrons. The average molecular weight is 410 g/mol. The normalized spacial score (nSPS) is 22.1. The largest absolute Gasteiger partial charge is 0.467 e. The molecule has 1 saturated carbocycles. The van der Waals surface area contributed by atoms with Crippen LogP contribution in [-0.2, 0) is 14.3 Å². The third kappa shape index (κ3) is 3.49. The van der Waals surface area contributed by atoms with Crippen molar-refractivity contribution >= 4 is 33.3 Å². The van der Waals surface area contributed by atoms with E-state index in [-0.39, 0.29) is 12.1 Å². The molecule has 0 amide bonds. The molecule has 2 aromatic heterocycles. The second-order valence-corrected chi connectivity index (χ2v) is 8.60. The van der Waals surface area contributed by atoms with E-state index in [9.17, 15) is 4.79 Å². The van der Waals surface area contributed by atoms with E-state index < -0.39 is 6.10 Å². The topological polar surface area (TPSA) is 64.5 Å². The van der Waals surface area contributed by atoms with Crippen LogP contribution in [0, 0.1) is 0 Å². The summed E-state index contributed by atoms with van der Waals surface area (Å²) in [6, 6.07) is 10.3. The number of aromatic nitrogens is 2. The minimum atomic E-state index is -0.614. The van der Waals surface area contributed by atoms with Gasteiger partial charge in [-0.3, -0.25) is 0 Å². The molecule has 1 saturated heterocycles. The van der Waals surface area contributed by atoms with Gasteiger partial charge in [0, 0.05) is 23.4 Å². The summed E-state index contributed by atoms with van der Waals surface area (Å²) < 4.78 is 10.8. The molecule has 0 radical (unpaired) electrons. The van der Waals surface area contributed by atoms with Gasteiger partial charge in [0.2, 0.25) is 0 Å². The first-order valence-corrected chi connectivity index (χ1v) is 10.8. The second kappa shape index (κ2) is 7.39. The Kier molecular flexibility index (Phi) is 4.72. The number of anilines is 1. The fourth-order valence-electron chi connectivity index (χ4n) is 3.91. The van der Waals surface area contributed by atoms with Crippen molar-refractivity contribution in [3.05, 3.63) is 41.5 Å². The van der Waals surface area contributed by atoms with Crippen molar-refractivity contribution in [1.82, 2.24) is 9.97 Å². The maximum atomic E-state index is 12.2. The standard InChI is InChI=1S/C22H23N3O3S/c1-13-10-25(11-17(28-13)22(26)27-2)20-18-16(14-6-4-3-5-7-14)12-29-21(18)24-19(23-20)15-8-9-15/h3-7,12-13,15,17H,8-11H2,1-2H3/t13-,17?/m1/s1. The summed E-state index contributed by atoms with van der Waals surface area (Å²) in [5.41, 5.74) is 2.28. The van der Waals surface area contributed by atoms with Crippen LogP contribution in [0.3, 0.4) is 0 Å². The summed E-state index contributed by atoms with van der Waals surface area (Å²) in [5, 5.41) is 3.22. The number of thiophene rings is 1.